The fourth-order valence-corrected chi connectivity index (χ4v) is 2.42. The topological polar surface area (TPSA) is 69.8 Å². The van der Waals surface area contributed by atoms with Crippen molar-refractivity contribution in [3.8, 4) is 5.75 Å². The Kier molecular flexibility index (Phi) is 4.59. The normalized spacial score (nSPS) is 11.5. The number of sulfonamides is 1. The van der Waals surface area contributed by atoms with Gasteiger partial charge in [-0.1, -0.05) is 29.8 Å². The molecule has 0 aliphatic heterocycles. The van der Waals surface area contributed by atoms with E-state index in [9.17, 15) is 8.42 Å². The molecule has 0 saturated carbocycles. The Morgan fingerprint density at radius 3 is 2.43 bits per heavy atom. The van der Waals surface area contributed by atoms with Crippen LogP contribution in [-0.2, 0) is 10.0 Å². The van der Waals surface area contributed by atoms with Crippen LogP contribution in [0.2, 0.25) is 0 Å². The highest BCUT2D eigenvalue weighted by Gasteiger charge is 2.03. The van der Waals surface area contributed by atoms with E-state index in [4.69, 9.17) is 4.74 Å². The van der Waals surface area contributed by atoms with Gasteiger partial charge in [0.05, 0.1) is 12.0 Å². The summed E-state index contributed by atoms with van der Waals surface area (Å²) in [6.07, 6.45) is 1.35. The van der Waals surface area contributed by atoms with Crippen molar-refractivity contribution < 1.29 is 13.2 Å². The highest BCUT2D eigenvalue weighted by molar-refractivity contribution is 7.93. The molecule has 0 bridgehead atoms. The van der Waals surface area contributed by atoms with Crippen molar-refractivity contribution in [1.82, 2.24) is 0 Å². The molecule has 0 N–H and O–H groups in total. The van der Waals surface area contributed by atoms with Gasteiger partial charge in [0.2, 0.25) is 0 Å². The fraction of sp³-hybridized carbons (Fsp3) is 0.133. The number of para-hydroxylation sites is 1. The van der Waals surface area contributed by atoms with Crippen LogP contribution in [-0.4, -0.2) is 21.7 Å². The average molecular weight is 303 g/mol. The molecule has 2 rings (SSSR count). The lowest BCUT2D eigenvalue weighted by atomic mass is 10.2. The minimum atomic E-state index is -3.78. The molecular formula is C15H15N2O3S-. The van der Waals surface area contributed by atoms with Crippen molar-refractivity contribution >= 4 is 16.2 Å². The summed E-state index contributed by atoms with van der Waals surface area (Å²) in [5.41, 5.74) is 1.63. The van der Waals surface area contributed by atoms with Crippen LogP contribution in [0.1, 0.15) is 11.1 Å². The molecule has 0 aliphatic carbocycles. The van der Waals surface area contributed by atoms with Crippen molar-refractivity contribution in [2.75, 3.05) is 7.11 Å². The lowest BCUT2D eigenvalue weighted by molar-refractivity contribution is 0.414. The number of benzene rings is 2. The number of hydrogen-bond donors (Lipinski definition) is 0. The van der Waals surface area contributed by atoms with Gasteiger partial charge in [-0.15, -0.1) is 0 Å². The summed E-state index contributed by atoms with van der Waals surface area (Å²) in [6.45, 7) is 1.88. The molecule has 0 radical (unpaired) electrons. The molecule has 0 fully saturated rings. The second-order valence-corrected chi connectivity index (χ2v) is 5.94. The average Bonchev–Trinajstić information content (AvgIpc) is 2.48. The second-order valence-electron chi connectivity index (χ2n) is 4.36. The molecule has 21 heavy (non-hydrogen) atoms. The molecule has 2 aromatic rings. The molecule has 0 atom stereocenters. The summed E-state index contributed by atoms with van der Waals surface area (Å²) < 4.78 is 29.1. The monoisotopic (exact) mass is 303 g/mol. The van der Waals surface area contributed by atoms with Crippen molar-refractivity contribution in [3.63, 3.8) is 0 Å². The van der Waals surface area contributed by atoms with Gasteiger partial charge in [-0.3, -0.25) is 0 Å². The highest BCUT2D eigenvalue weighted by atomic mass is 32.2. The molecule has 0 unspecified atom stereocenters. The molecule has 2 aromatic carbocycles. The molecular weight excluding hydrogens is 288 g/mol. The standard InChI is InChI=1S/C15H15N2O3S/c1-12-7-9-14(10-8-12)21(18,19)17-16-11-13-5-3-4-6-15(13)20-2/h3-11H,1-2H3/q-1/b16-11+. The Hall–Kier alpha value is -2.34. The first kappa shape index (κ1) is 15.1. The number of hydrogen-bond acceptors (Lipinski definition) is 4. The predicted molar refractivity (Wildman–Crippen MR) is 82.3 cm³/mol. The molecule has 0 spiro atoms. The Labute approximate surface area is 124 Å². The number of rotatable bonds is 5. The smallest absolute Gasteiger partial charge is 0.135 e. The van der Waals surface area contributed by atoms with Crippen LogP contribution in [0, 0.1) is 6.92 Å². The summed E-state index contributed by atoms with van der Waals surface area (Å²) in [5.74, 6) is 0.601. The summed E-state index contributed by atoms with van der Waals surface area (Å²) in [6, 6.07) is 13.6. The Balaban J connectivity index is 2.14. The predicted octanol–water partition coefficient (Wildman–Crippen LogP) is 3.10. The van der Waals surface area contributed by atoms with E-state index in [0.717, 1.165) is 5.56 Å². The molecule has 0 aromatic heterocycles. The van der Waals surface area contributed by atoms with Gasteiger partial charge in [-0.05, 0) is 31.2 Å². The van der Waals surface area contributed by atoms with Crippen molar-refractivity contribution in [3.05, 3.63) is 64.5 Å². The number of methoxy groups -OCH3 is 1. The minimum Gasteiger partial charge on any atom is -0.496 e. The summed E-state index contributed by atoms with van der Waals surface area (Å²) >= 11 is 0. The fourth-order valence-electron chi connectivity index (χ4n) is 1.68. The Bertz CT molecular complexity index is 738. The van der Waals surface area contributed by atoms with E-state index in [-0.39, 0.29) is 4.90 Å². The number of aryl methyl sites for hydroxylation is 1. The zero-order valence-electron chi connectivity index (χ0n) is 11.7. The van der Waals surface area contributed by atoms with E-state index in [1.165, 1.54) is 25.5 Å². The second kappa shape index (κ2) is 6.41. The van der Waals surface area contributed by atoms with Crippen molar-refractivity contribution in [2.24, 2.45) is 5.10 Å². The third kappa shape index (κ3) is 3.82. The lowest BCUT2D eigenvalue weighted by Gasteiger charge is -2.16. The number of nitrogens with zero attached hydrogens (tertiary/aromatic N) is 2. The van der Waals surface area contributed by atoms with Crippen LogP contribution in [0.25, 0.3) is 4.83 Å². The van der Waals surface area contributed by atoms with Crippen molar-refractivity contribution in [2.45, 2.75) is 11.8 Å². The maximum atomic E-state index is 12.0. The quantitative estimate of drug-likeness (QED) is 0.629. The first-order valence-corrected chi connectivity index (χ1v) is 7.67. The third-order valence-corrected chi connectivity index (χ3v) is 3.99. The molecule has 0 aliphatic rings. The minimum absolute atomic E-state index is 0.116. The van der Waals surface area contributed by atoms with E-state index in [1.54, 1.807) is 30.3 Å². The van der Waals surface area contributed by atoms with Gasteiger partial charge in [-0.25, -0.2) is 8.42 Å². The zero-order valence-corrected chi connectivity index (χ0v) is 12.5. The van der Waals surface area contributed by atoms with Crippen LogP contribution in [0.5, 0.6) is 5.75 Å². The van der Waals surface area contributed by atoms with Gasteiger partial charge in [0, 0.05) is 11.8 Å². The van der Waals surface area contributed by atoms with Gasteiger partial charge in [0.1, 0.15) is 15.8 Å². The first-order chi connectivity index (χ1) is 10.0. The maximum Gasteiger partial charge on any atom is 0.135 e. The molecule has 6 heteroatoms. The van der Waals surface area contributed by atoms with Crippen LogP contribution < -0.4 is 4.74 Å². The SMILES string of the molecule is COc1ccccc1/C=N/[N-]S(=O)(=O)c1ccc(C)cc1. The van der Waals surface area contributed by atoms with E-state index in [1.807, 2.05) is 13.0 Å². The van der Waals surface area contributed by atoms with Crippen LogP contribution in [0.3, 0.4) is 0 Å². The van der Waals surface area contributed by atoms with Gasteiger partial charge >= 0.3 is 0 Å². The Morgan fingerprint density at radius 1 is 1.10 bits per heavy atom. The summed E-state index contributed by atoms with van der Waals surface area (Å²) in [5, 5.41) is 3.65. The lowest BCUT2D eigenvalue weighted by Crippen LogP contribution is -1.97. The maximum absolute atomic E-state index is 12.0. The largest absolute Gasteiger partial charge is 0.496 e. The number of ether oxygens (including phenoxy) is 1. The summed E-state index contributed by atoms with van der Waals surface area (Å²) in [7, 11) is -2.25. The molecule has 0 heterocycles. The van der Waals surface area contributed by atoms with E-state index < -0.39 is 10.0 Å². The molecule has 110 valence electrons. The van der Waals surface area contributed by atoms with Gasteiger partial charge in [0.25, 0.3) is 0 Å². The first-order valence-electron chi connectivity index (χ1n) is 6.23. The highest BCUT2D eigenvalue weighted by Crippen LogP contribution is 2.19. The van der Waals surface area contributed by atoms with Crippen LogP contribution in [0.15, 0.2) is 58.5 Å². The van der Waals surface area contributed by atoms with E-state index in [0.29, 0.717) is 11.3 Å². The third-order valence-electron chi connectivity index (χ3n) is 2.81. The van der Waals surface area contributed by atoms with E-state index >= 15 is 0 Å². The van der Waals surface area contributed by atoms with Gasteiger partial charge in [-0.2, -0.15) is 0 Å². The van der Waals surface area contributed by atoms with Gasteiger partial charge in [0.15, 0.2) is 0 Å². The zero-order chi connectivity index (χ0) is 15.3. The summed E-state index contributed by atoms with van der Waals surface area (Å²) in [4.78, 5) is 3.53. The molecule has 0 amide bonds. The van der Waals surface area contributed by atoms with Crippen LogP contribution in [0.4, 0.5) is 0 Å². The van der Waals surface area contributed by atoms with Crippen LogP contribution >= 0.6 is 0 Å². The Morgan fingerprint density at radius 2 is 1.76 bits per heavy atom. The van der Waals surface area contributed by atoms with Gasteiger partial charge < -0.3 is 14.7 Å². The molecule has 0 saturated heterocycles. The van der Waals surface area contributed by atoms with Crippen molar-refractivity contribution in [1.29, 1.82) is 0 Å². The van der Waals surface area contributed by atoms with E-state index in [2.05, 4.69) is 9.93 Å². The molecule has 5 nitrogen and oxygen atoms in total.